The lowest BCUT2D eigenvalue weighted by Crippen LogP contribution is -2.25. The summed E-state index contributed by atoms with van der Waals surface area (Å²) in [6, 6.07) is 0.976. The molecule has 0 unspecified atom stereocenters. The Morgan fingerprint density at radius 1 is 1.58 bits per heavy atom. The molecule has 0 spiro atoms. The van der Waals surface area contributed by atoms with Gasteiger partial charge < -0.3 is 9.84 Å². The number of hydrogen-bond donors (Lipinski definition) is 1. The van der Waals surface area contributed by atoms with Gasteiger partial charge in [0.15, 0.2) is 5.75 Å². The Balaban J connectivity index is 2.92. The Hall–Kier alpha value is -2.11. The lowest BCUT2D eigenvalue weighted by atomic mass is 10.2. The fraction of sp³-hybridized carbons (Fsp3) is 0.462. The van der Waals surface area contributed by atoms with Gasteiger partial charge in [0.2, 0.25) is 5.69 Å². The third kappa shape index (κ3) is 4.24. The standard InChI is InChI=1S/C13H18N2O4/c1-3-5-6-7-15-11(17)9-10(16)12(14-15)13(18)19-8-4-2/h4,9,16H,2-3,5-8H2,1H3. The van der Waals surface area contributed by atoms with Crippen LogP contribution in [0.4, 0.5) is 0 Å². The van der Waals surface area contributed by atoms with Crippen molar-refractivity contribution in [3.8, 4) is 5.75 Å². The van der Waals surface area contributed by atoms with E-state index in [2.05, 4.69) is 11.7 Å². The molecule has 0 aliphatic rings. The van der Waals surface area contributed by atoms with Crippen LogP contribution in [0.5, 0.6) is 5.75 Å². The van der Waals surface area contributed by atoms with Crippen LogP contribution in [-0.4, -0.2) is 27.5 Å². The molecule has 0 atom stereocenters. The molecular formula is C13H18N2O4. The molecule has 0 fully saturated rings. The van der Waals surface area contributed by atoms with Gasteiger partial charge in [-0.1, -0.05) is 32.4 Å². The first kappa shape index (κ1) is 14.9. The van der Waals surface area contributed by atoms with Crippen LogP contribution in [0.1, 0.15) is 36.7 Å². The highest BCUT2D eigenvalue weighted by Gasteiger charge is 2.17. The van der Waals surface area contributed by atoms with Crippen molar-refractivity contribution in [2.75, 3.05) is 6.61 Å². The first-order valence-corrected chi connectivity index (χ1v) is 6.19. The number of ether oxygens (including phenoxy) is 1. The lowest BCUT2D eigenvalue weighted by molar-refractivity contribution is 0.0535. The minimum Gasteiger partial charge on any atom is -0.505 e. The average Bonchev–Trinajstić information content (AvgIpc) is 2.38. The highest BCUT2D eigenvalue weighted by molar-refractivity contribution is 5.89. The number of rotatable bonds is 7. The number of aromatic hydroxyl groups is 1. The molecule has 0 aromatic carbocycles. The normalized spacial score (nSPS) is 10.2. The van der Waals surface area contributed by atoms with E-state index in [1.165, 1.54) is 10.8 Å². The summed E-state index contributed by atoms with van der Waals surface area (Å²) >= 11 is 0. The van der Waals surface area contributed by atoms with Gasteiger partial charge in [0.1, 0.15) is 6.61 Å². The summed E-state index contributed by atoms with van der Waals surface area (Å²) in [6.45, 7) is 5.90. The molecule has 6 heteroatoms. The Bertz CT molecular complexity index is 508. The Morgan fingerprint density at radius 2 is 2.32 bits per heavy atom. The molecular weight excluding hydrogens is 248 g/mol. The Morgan fingerprint density at radius 3 is 2.95 bits per heavy atom. The van der Waals surface area contributed by atoms with Crippen LogP contribution in [0, 0.1) is 0 Å². The number of carbonyl (C=O) groups excluding carboxylic acids is 1. The smallest absolute Gasteiger partial charge is 0.363 e. The van der Waals surface area contributed by atoms with Gasteiger partial charge in [-0.05, 0) is 6.42 Å². The topological polar surface area (TPSA) is 81.4 Å². The van der Waals surface area contributed by atoms with Crippen molar-refractivity contribution in [3.05, 3.63) is 34.8 Å². The third-order valence-electron chi connectivity index (χ3n) is 2.48. The fourth-order valence-electron chi connectivity index (χ4n) is 1.50. The van der Waals surface area contributed by atoms with Gasteiger partial charge in [0.25, 0.3) is 5.56 Å². The second-order valence-electron chi connectivity index (χ2n) is 4.03. The summed E-state index contributed by atoms with van der Waals surface area (Å²) in [4.78, 5) is 23.2. The van der Waals surface area contributed by atoms with Gasteiger partial charge in [-0.3, -0.25) is 4.79 Å². The molecule has 0 aliphatic carbocycles. The summed E-state index contributed by atoms with van der Waals surface area (Å²) in [6.07, 6.45) is 4.17. The van der Waals surface area contributed by atoms with Crippen LogP contribution in [0.15, 0.2) is 23.5 Å². The van der Waals surface area contributed by atoms with Crippen molar-refractivity contribution in [2.24, 2.45) is 0 Å². The molecule has 1 heterocycles. The van der Waals surface area contributed by atoms with Gasteiger partial charge in [0.05, 0.1) is 0 Å². The van der Waals surface area contributed by atoms with E-state index < -0.39 is 17.3 Å². The SMILES string of the molecule is C=CCOC(=O)c1nn(CCCCC)c(=O)cc1O. The number of hydrogen-bond acceptors (Lipinski definition) is 5. The maximum absolute atomic E-state index is 11.6. The van der Waals surface area contributed by atoms with E-state index in [0.29, 0.717) is 6.54 Å². The van der Waals surface area contributed by atoms with Crippen LogP contribution < -0.4 is 5.56 Å². The van der Waals surface area contributed by atoms with Crippen LogP contribution in [0.3, 0.4) is 0 Å². The van der Waals surface area contributed by atoms with Crippen molar-refractivity contribution in [1.82, 2.24) is 9.78 Å². The number of esters is 1. The van der Waals surface area contributed by atoms with Crippen LogP contribution in [-0.2, 0) is 11.3 Å². The van der Waals surface area contributed by atoms with Gasteiger partial charge in [-0.25, -0.2) is 9.48 Å². The van der Waals surface area contributed by atoms with Crippen molar-refractivity contribution < 1.29 is 14.6 Å². The van der Waals surface area contributed by atoms with Crippen molar-refractivity contribution in [3.63, 3.8) is 0 Å². The molecule has 0 amide bonds. The summed E-state index contributed by atoms with van der Waals surface area (Å²) in [5.41, 5.74) is -0.688. The summed E-state index contributed by atoms with van der Waals surface area (Å²) in [5, 5.41) is 13.4. The van der Waals surface area contributed by atoms with E-state index in [9.17, 15) is 14.7 Å². The molecule has 0 saturated heterocycles. The average molecular weight is 266 g/mol. The largest absolute Gasteiger partial charge is 0.505 e. The predicted octanol–water partition coefficient (Wildman–Crippen LogP) is 1.48. The molecule has 1 N–H and O–H groups in total. The van der Waals surface area contributed by atoms with Gasteiger partial charge >= 0.3 is 5.97 Å². The first-order chi connectivity index (χ1) is 9.10. The van der Waals surface area contributed by atoms with E-state index in [4.69, 9.17) is 4.74 Å². The predicted molar refractivity (Wildman–Crippen MR) is 70.2 cm³/mol. The molecule has 1 rings (SSSR count). The maximum atomic E-state index is 11.6. The van der Waals surface area contributed by atoms with E-state index in [1.54, 1.807) is 0 Å². The molecule has 0 radical (unpaired) electrons. The lowest BCUT2D eigenvalue weighted by Gasteiger charge is -2.07. The summed E-state index contributed by atoms with van der Waals surface area (Å²) in [5.74, 6) is -1.24. The van der Waals surface area contributed by atoms with Crippen LogP contribution in [0.25, 0.3) is 0 Å². The molecule has 1 aromatic heterocycles. The number of unbranched alkanes of at least 4 members (excludes halogenated alkanes) is 2. The van der Waals surface area contributed by atoms with E-state index in [0.717, 1.165) is 25.3 Å². The minimum absolute atomic E-state index is 0.0227. The van der Waals surface area contributed by atoms with E-state index in [-0.39, 0.29) is 12.3 Å². The molecule has 19 heavy (non-hydrogen) atoms. The Kier molecular flexibility index (Phi) is 5.78. The first-order valence-electron chi connectivity index (χ1n) is 6.19. The zero-order valence-corrected chi connectivity index (χ0v) is 11.0. The van der Waals surface area contributed by atoms with E-state index in [1.807, 2.05) is 6.92 Å². The highest BCUT2D eigenvalue weighted by atomic mass is 16.5. The zero-order chi connectivity index (χ0) is 14.3. The summed E-state index contributed by atoms with van der Waals surface area (Å²) < 4.78 is 5.95. The molecule has 104 valence electrons. The maximum Gasteiger partial charge on any atom is 0.363 e. The third-order valence-corrected chi connectivity index (χ3v) is 2.48. The van der Waals surface area contributed by atoms with E-state index >= 15 is 0 Å². The quantitative estimate of drug-likeness (QED) is 0.459. The zero-order valence-electron chi connectivity index (χ0n) is 11.0. The van der Waals surface area contributed by atoms with Crippen LogP contribution in [0.2, 0.25) is 0 Å². The summed E-state index contributed by atoms with van der Waals surface area (Å²) in [7, 11) is 0. The van der Waals surface area contributed by atoms with Crippen LogP contribution >= 0.6 is 0 Å². The monoisotopic (exact) mass is 266 g/mol. The van der Waals surface area contributed by atoms with Crippen molar-refractivity contribution in [2.45, 2.75) is 32.7 Å². The molecule has 0 aliphatic heterocycles. The minimum atomic E-state index is -0.776. The molecule has 0 bridgehead atoms. The number of nitrogens with zero attached hydrogens (tertiary/aromatic N) is 2. The second-order valence-corrected chi connectivity index (χ2v) is 4.03. The van der Waals surface area contributed by atoms with Crippen molar-refractivity contribution >= 4 is 5.97 Å². The second kappa shape index (κ2) is 7.35. The number of aromatic nitrogens is 2. The fourth-order valence-corrected chi connectivity index (χ4v) is 1.50. The van der Waals surface area contributed by atoms with Gasteiger partial charge in [-0.2, -0.15) is 5.10 Å². The number of aryl methyl sites for hydroxylation is 1. The molecule has 0 saturated carbocycles. The number of carbonyl (C=O) groups is 1. The Labute approximate surface area is 111 Å². The van der Waals surface area contributed by atoms with Crippen molar-refractivity contribution in [1.29, 1.82) is 0 Å². The van der Waals surface area contributed by atoms with Gasteiger partial charge in [0, 0.05) is 12.6 Å². The molecule has 6 nitrogen and oxygen atoms in total. The highest BCUT2D eigenvalue weighted by Crippen LogP contribution is 2.12. The van der Waals surface area contributed by atoms with Gasteiger partial charge in [-0.15, -0.1) is 0 Å². The molecule has 1 aromatic rings.